The molecule has 0 bridgehead atoms. The van der Waals surface area contributed by atoms with Crippen LogP contribution >= 0.6 is 22.9 Å². The van der Waals surface area contributed by atoms with Crippen LogP contribution < -0.4 is 0 Å². The molecule has 0 N–H and O–H groups in total. The molecule has 1 unspecified atom stereocenters. The van der Waals surface area contributed by atoms with Gasteiger partial charge in [0.15, 0.2) is 0 Å². The van der Waals surface area contributed by atoms with E-state index >= 15 is 0 Å². The highest BCUT2D eigenvalue weighted by molar-refractivity contribution is 7.89. The molecule has 0 aliphatic heterocycles. The lowest BCUT2D eigenvalue weighted by molar-refractivity contribution is 0.388. The molecule has 0 saturated heterocycles. The van der Waals surface area contributed by atoms with Crippen LogP contribution in [0, 0.1) is 0 Å². The van der Waals surface area contributed by atoms with Crippen LogP contribution in [0.25, 0.3) is 0 Å². The van der Waals surface area contributed by atoms with Crippen LogP contribution in [0.3, 0.4) is 0 Å². The lowest BCUT2D eigenvalue weighted by Gasteiger charge is -2.25. The van der Waals surface area contributed by atoms with Crippen molar-refractivity contribution in [3.63, 3.8) is 0 Å². The van der Waals surface area contributed by atoms with Crippen LogP contribution in [0.4, 0.5) is 0 Å². The van der Waals surface area contributed by atoms with E-state index in [4.69, 9.17) is 11.6 Å². The Labute approximate surface area is 135 Å². The summed E-state index contributed by atoms with van der Waals surface area (Å²) in [4.78, 5) is 1.47. The average Bonchev–Trinajstić information content (AvgIpc) is 2.99. The van der Waals surface area contributed by atoms with E-state index in [1.807, 2.05) is 24.4 Å². The van der Waals surface area contributed by atoms with Crippen molar-refractivity contribution in [2.45, 2.75) is 30.2 Å². The first-order valence-corrected chi connectivity index (χ1v) is 9.46. The standard InChI is InChI=1S/C15H18ClNO2S2/c1-12(10-14-7-5-9-20-14)17(2)21(18,19)15-8-4-3-6-13(15)11-16/h3-9,12H,10-11H2,1-2H3. The molecule has 3 nitrogen and oxygen atoms in total. The summed E-state index contributed by atoms with van der Waals surface area (Å²) < 4.78 is 26.9. The van der Waals surface area contributed by atoms with Crippen molar-refractivity contribution in [3.8, 4) is 0 Å². The highest BCUT2D eigenvalue weighted by atomic mass is 35.5. The van der Waals surface area contributed by atoms with Crippen LogP contribution in [0.2, 0.25) is 0 Å². The van der Waals surface area contributed by atoms with Gasteiger partial charge in [-0.15, -0.1) is 22.9 Å². The number of likely N-dealkylation sites (N-methyl/N-ethyl adjacent to an activating group) is 1. The molecule has 2 aromatic rings. The molecule has 2 rings (SSSR count). The summed E-state index contributed by atoms with van der Waals surface area (Å²) in [7, 11) is -1.91. The number of benzene rings is 1. The van der Waals surface area contributed by atoms with E-state index in [-0.39, 0.29) is 11.9 Å². The van der Waals surface area contributed by atoms with Crippen molar-refractivity contribution >= 4 is 33.0 Å². The quantitative estimate of drug-likeness (QED) is 0.749. The van der Waals surface area contributed by atoms with Gasteiger partial charge in [0.05, 0.1) is 4.90 Å². The second-order valence-electron chi connectivity index (χ2n) is 4.90. The number of halogens is 1. The Morgan fingerprint density at radius 1 is 1.24 bits per heavy atom. The van der Waals surface area contributed by atoms with Gasteiger partial charge in [-0.2, -0.15) is 4.31 Å². The van der Waals surface area contributed by atoms with Gasteiger partial charge in [0, 0.05) is 23.8 Å². The van der Waals surface area contributed by atoms with Gasteiger partial charge in [0.1, 0.15) is 0 Å². The highest BCUT2D eigenvalue weighted by Gasteiger charge is 2.27. The number of thiophene rings is 1. The predicted molar refractivity (Wildman–Crippen MR) is 88.4 cm³/mol. The summed E-state index contributed by atoms with van der Waals surface area (Å²) >= 11 is 7.50. The normalized spacial score (nSPS) is 13.5. The third-order valence-corrected chi connectivity index (χ3v) is 6.73. The van der Waals surface area contributed by atoms with E-state index in [0.717, 1.165) is 0 Å². The maximum absolute atomic E-state index is 12.8. The van der Waals surface area contributed by atoms with Crippen molar-refractivity contribution in [1.82, 2.24) is 4.31 Å². The lowest BCUT2D eigenvalue weighted by atomic mass is 10.2. The second-order valence-corrected chi connectivity index (χ2v) is 8.16. The highest BCUT2D eigenvalue weighted by Crippen LogP contribution is 2.24. The topological polar surface area (TPSA) is 37.4 Å². The first kappa shape index (κ1) is 16.5. The largest absolute Gasteiger partial charge is 0.243 e. The van der Waals surface area contributed by atoms with Gasteiger partial charge in [0.2, 0.25) is 10.0 Å². The molecule has 1 aromatic heterocycles. The van der Waals surface area contributed by atoms with E-state index < -0.39 is 10.0 Å². The molecule has 0 spiro atoms. The molecule has 1 aromatic carbocycles. The van der Waals surface area contributed by atoms with Gasteiger partial charge in [0.25, 0.3) is 0 Å². The Morgan fingerprint density at radius 3 is 2.57 bits per heavy atom. The van der Waals surface area contributed by atoms with E-state index in [2.05, 4.69) is 0 Å². The van der Waals surface area contributed by atoms with Crippen LogP contribution in [-0.4, -0.2) is 25.8 Å². The van der Waals surface area contributed by atoms with Crippen LogP contribution in [-0.2, 0) is 22.3 Å². The first-order valence-electron chi connectivity index (χ1n) is 6.61. The summed E-state index contributed by atoms with van der Waals surface area (Å²) in [6.45, 7) is 1.92. The van der Waals surface area contributed by atoms with Gasteiger partial charge < -0.3 is 0 Å². The Balaban J connectivity index is 2.26. The van der Waals surface area contributed by atoms with Crippen LogP contribution in [0.5, 0.6) is 0 Å². The summed E-state index contributed by atoms with van der Waals surface area (Å²) in [5.41, 5.74) is 0.634. The smallest absolute Gasteiger partial charge is 0.207 e. The van der Waals surface area contributed by atoms with E-state index in [1.54, 1.807) is 42.6 Å². The number of alkyl halides is 1. The van der Waals surface area contributed by atoms with E-state index in [0.29, 0.717) is 16.9 Å². The molecule has 6 heteroatoms. The molecule has 0 fully saturated rings. The Morgan fingerprint density at radius 2 is 1.95 bits per heavy atom. The fourth-order valence-corrected chi connectivity index (χ4v) is 4.83. The molecular weight excluding hydrogens is 326 g/mol. The summed E-state index contributed by atoms with van der Waals surface area (Å²) in [5, 5.41) is 2.00. The zero-order chi connectivity index (χ0) is 15.5. The molecule has 0 radical (unpaired) electrons. The van der Waals surface area contributed by atoms with Gasteiger partial charge in [-0.25, -0.2) is 8.42 Å². The number of sulfonamides is 1. The van der Waals surface area contributed by atoms with Gasteiger partial charge in [-0.3, -0.25) is 0 Å². The SMILES string of the molecule is CC(Cc1cccs1)N(C)S(=O)(=O)c1ccccc1CCl. The number of nitrogens with zero attached hydrogens (tertiary/aromatic N) is 1. The van der Waals surface area contributed by atoms with Crippen molar-refractivity contribution < 1.29 is 8.42 Å². The van der Waals surface area contributed by atoms with E-state index in [9.17, 15) is 8.42 Å². The lowest BCUT2D eigenvalue weighted by Crippen LogP contribution is -2.36. The maximum Gasteiger partial charge on any atom is 0.243 e. The van der Waals surface area contributed by atoms with Crippen molar-refractivity contribution in [3.05, 3.63) is 52.2 Å². The third kappa shape index (κ3) is 3.66. The molecular formula is C15H18ClNO2S2. The maximum atomic E-state index is 12.8. The molecule has 21 heavy (non-hydrogen) atoms. The Kier molecular flexibility index (Phi) is 5.43. The molecule has 1 heterocycles. The molecule has 114 valence electrons. The van der Waals surface area contributed by atoms with Crippen LogP contribution in [0.15, 0.2) is 46.7 Å². The fraction of sp³-hybridized carbons (Fsp3) is 0.333. The number of hydrogen-bond acceptors (Lipinski definition) is 3. The molecule has 0 aliphatic rings. The first-order chi connectivity index (χ1) is 9.96. The third-order valence-electron chi connectivity index (χ3n) is 3.47. The van der Waals surface area contributed by atoms with Gasteiger partial charge >= 0.3 is 0 Å². The molecule has 0 amide bonds. The minimum absolute atomic E-state index is 0.114. The monoisotopic (exact) mass is 343 g/mol. The minimum atomic E-state index is -3.53. The second kappa shape index (κ2) is 6.92. The summed E-state index contributed by atoms with van der Waals surface area (Å²) in [5.74, 6) is 0.183. The minimum Gasteiger partial charge on any atom is -0.207 e. The van der Waals surface area contributed by atoms with Gasteiger partial charge in [-0.05, 0) is 36.4 Å². The van der Waals surface area contributed by atoms with Gasteiger partial charge in [-0.1, -0.05) is 24.3 Å². The van der Waals surface area contributed by atoms with Crippen LogP contribution in [0.1, 0.15) is 17.4 Å². The van der Waals surface area contributed by atoms with Crippen molar-refractivity contribution in [1.29, 1.82) is 0 Å². The predicted octanol–water partition coefficient (Wildman–Crippen LogP) is 3.74. The number of rotatable bonds is 6. The Bertz CT molecular complexity index is 683. The molecule has 0 saturated carbocycles. The molecule has 0 aliphatic carbocycles. The summed E-state index contributed by atoms with van der Waals surface area (Å²) in [6, 6.07) is 10.8. The zero-order valence-electron chi connectivity index (χ0n) is 12.0. The van der Waals surface area contributed by atoms with Crippen molar-refractivity contribution in [2.24, 2.45) is 0 Å². The fourth-order valence-electron chi connectivity index (χ4n) is 2.11. The van der Waals surface area contributed by atoms with E-state index in [1.165, 1.54) is 9.18 Å². The molecule has 1 atom stereocenters. The summed E-state index contributed by atoms with van der Waals surface area (Å²) in [6.07, 6.45) is 0.705. The Hall–Kier alpha value is -0.880. The number of hydrogen-bond donors (Lipinski definition) is 0. The zero-order valence-corrected chi connectivity index (χ0v) is 14.4. The van der Waals surface area contributed by atoms with Crippen molar-refractivity contribution in [2.75, 3.05) is 7.05 Å². The average molecular weight is 344 g/mol.